The lowest BCUT2D eigenvalue weighted by Gasteiger charge is -2.24. The number of urea groups is 1. The smallest absolute Gasteiger partial charge is 0.326 e. The molecule has 0 aromatic heterocycles. The molecule has 19 heavy (non-hydrogen) atoms. The maximum absolute atomic E-state index is 11.9. The van der Waals surface area contributed by atoms with Crippen LogP contribution in [0.4, 0.5) is 4.79 Å². The number of amides is 2. The van der Waals surface area contributed by atoms with E-state index < -0.39 is 18.0 Å². The van der Waals surface area contributed by atoms with Crippen molar-refractivity contribution in [2.75, 3.05) is 45.4 Å². The zero-order valence-corrected chi connectivity index (χ0v) is 12.1. The summed E-state index contributed by atoms with van der Waals surface area (Å²) in [6, 6.07) is -1.41. The summed E-state index contributed by atoms with van der Waals surface area (Å²) >= 11 is 1.52. The molecule has 3 N–H and O–H groups in total. The van der Waals surface area contributed by atoms with Crippen LogP contribution in [0.3, 0.4) is 0 Å². The SMILES string of the molecule is COCCN(CCO)C(=O)N[C@@H](CCSC)C(=O)O. The quantitative estimate of drug-likeness (QED) is 0.518. The maximum Gasteiger partial charge on any atom is 0.326 e. The van der Waals surface area contributed by atoms with Gasteiger partial charge in [-0.15, -0.1) is 0 Å². The fourth-order valence-electron chi connectivity index (χ4n) is 1.37. The minimum absolute atomic E-state index is 0.143. The van der Waals surface area contributed by atoms with Gasteiger partial charge in [-0.25, -0.2) is 9.59 Å². The molecule has 0 aliphatic carbocycles. The molecule has 0 radical (unpaired) electrons. The number of aliphatic carboxylic acids is 1. The molecule has 112 valence electrons. The molecule has 0 saturated heterocycles. The van der Waals surface area contributed by atoms with Crippen molar-refractivity contribution in [2.45, 2.75) is 12.5 Å². The van der Waals surface area contributed by atoms with Gasteiger partial charge >= 0.3 is 12.0 Å². The second-order valence-electron chi connectivity index (χ2n) is 3.83. The zero-order valence-electron chi connectivity index (χ0n) is 11.3. The lowest BCUT2D eigenvalue weighted by Crippen LogP contribution is -2.49. The fourth-order valence-corrected chi connectivity index (χ4v) is 1.84. The summed E-state index contributed by atoms with van der Waals surface area (Å²) in [5.41, 5.74) is 0. The van der Waals surface area contributed by atoms with Crippen LogP contribution < -0.4 is 5.32 Å². The molecular formula is C11H22N2O5S. The minimum Gasteiger partial charge on any atom is -0.480 e. The number of rotatable bonds is 10. The monoisotopic (exact) mass is 294 g/mol. The Balaban J connectivity index is 4.42. The molecule has 2 amide bonds. The Hall–Kier alpha value is -0.990. The van der Waals surface area contributed by atoms with E-state index >= 15 is 0 Å². The van der Waals surface area contributed by atoms with Gasteiger partial charge in [0.15, 0.2) is 0 Å². The van der Waals surface area contributed by atoms with Crippen molar-refractivity contribution in [3.05, 3.63) is 0 Å². The summed E-state index contributed by atoms with van der Waals surface area (Å²) in [5.74, 6) is -0.409. The van der Waals surface area contributed by atoms with Crippen molar-refractivity contribution in [1.82, 2.24) is 10.2 Å². The number of carboxylic acids is 1. The number of carboxylic acid groups (broad SMARTS) is 1. The Morgan fingerprint density at radius 2 is 2.11 bits per heavy atom. The van der Waals surface area contributed by atoms with E-state index in [4.69, 9.17) is 14.9 Å². The van der Waals surface area contributed by atoms with Gasteiger partial charge in [-0.2, -0.15) is 11.8 Å². The number of hydrogen-bond donors (Lipinski definition) is 3. The lowest BCUT2D eigenvalue weighted by molar-refractivity contribution is -0.139. The molecular weight excluding hydrogens is 272 g/mol. The molecule has 0 saturated carbocycles. The first kappa shape index (κ1) is 18.0. The van der Waals surface area contributed by atoms with E-state index in [1.807, 2.05) is 6.26 Å². The van der Waals surface area contributed by atoms with Gasteiger partial charge in [0, 0.05) is 20.2 Å². The Morgan fingerprint density at radius 3 is 2.58 bits per heavy atom. The predicted octanol–water partition coefficient (Wildman–Crippen LogP) is -0.157. The number of aliphatic hydroxyl groups excluding tert-OH is 1. The molecule has 0 bridgehead atoms. The largest absolute Gasteiger partial charge is 0.480 e. The first-order valence-electron chi connectivity index (χ1n) is 5.93. The Morgan fingerprint density at radius 1 is 1.42 bits per heavy atom. The highest BCUT2D eigenvalue weighted by atomic mass is 32.2. The average Bonchev–Trinajstić information content (AvgIpc) is 2.38. The van der Waals surface area contributed by atoms with Crippen LogP contribution in [-0.4, -0.2) is 78.6 Å². The molecule has 0 rings (SSSR count). The van der Waals surface area contributed by atoms with Crippen LogP contribution in [0.1, 0.15) is 6.42 Å². The molecule has 0 aromatic rings. The number of carbonyl (C=O) groups is 2. The molecule has 0 fully saturated rings. The van der Waals surface area contributed by atoms with Crippen molar-refractivity contribution in [1.29, 1.82) is 0 Å². The molecule has 0 aromatic carbocycles. The van der Waals surface area contributed by atoms with Gasteiger partial charge in [0.1, 0.15) is 6.04 Å². The molecule has 0 heterocycles. The van der Waals surface area contributed by atoms with Crippen molar-refractivity contribution < 1.29 is 24.5 Å². The Labute approximate surface area is 117 Å². The molecule has 1 atom stereocenters. The normalized spacial score (nSPS) is 11.9. The summed E-state index contributed by atoms with van der Waals surface area (Å²) in [5, 5.41) is 20.4. The van der Waals surface area contributed by atoms with Crippen LogP contribution in [0.15, 0.2) is 0 Å². The number of thioether (sulfide) groups is 1. The van der Waals surface area contributed by atoms with E-state index in [1.165, 1.54) is 23.8 Å². The molecule has 0 unspecified atom stereocenters. The number of ether oxygens (including phenoxy) is 1. The van der Waals surface area contributed by atoms with Crippen LogP contribution in [0.25, 0.3) is 0 Å². The summed E-state index contributed by atoms with van der Waals surface area (Å²) < 4.78 is 4.86. The van der Waals surface area contributed by atoms with Gasteiger partial charge in [0.05, 0.1) is 13.2 Å². The van der Waals surface area contributed by atoms with E-state index in [1.54, 1.807) is 0 Å². The lowest BCUT2D eigenvalue weighted by atomic mass is 10.2. The number of hydrogen-bond acceptors (Lipinski definition) is 5. The third kappa shape index (κ3) is 7.91. The number of nitrogens with zero attached hydrogens (tertiary/aromatic N) is 1. The van der Waals surface area contributed by atoms with Crippen LogP contribution in [0, 0.1) is 0 Å². The minimum atomic E-state index is -1.06. The number of carbonyl (C=O) groups excluding carboxylic acids is 1. The maximum atomic E-state index is 11.9. The Kier molecular flexibility index (Phi) is 10.3. The average molecular weight is 294 g/mol. The van der Waals surface area contributed by atoms with Gasteiger partial charge < -0.3 is 25.2 Å². The van der Waals surface area contributed by atoms with Crippen LogP contribution in [0.2, 0.25) is 0 Å². The molecule has 0 aliphatic rings. The van der Waals surface area contributed by atoms with Crippen molar-refractivity contribution >= 4 is 23.8 Å². The third-order valence-corrected chi connectivity index (χ3v) is 3.07. The molecule has 7 nitrogen and oxygen atoms in total. The highest BCUT2D eigenvalue weighted by Gasteiger charge is 2.22. The standard InChI is InChI=1S/C11H22N2O5S/c1-18-7-5-13(4-6-14)11(17)12-9(10(15)16)3-8-19-2/h9,14H,3-8H2,1-2H3,(H,12,17)(H,15,16)/t9-/m0/s1. The van der Waals surface area contributed by atoms with E-state index in [0.29, 0.717) is 25.3 Å². The predicted molar refractivity (Wildman–Crippen MR) is 73.5 cm³/mol. The van der Waals surface area contributed by atoms with Gasteiger partial charge in [0.25, 0.3) is 0 Å². The second-order valence-corrected chi connectivity index (χ2v) is 4.81. The van der Waals surface area contributed by atoms with Gasteiger partial charge in [-0.1, -0.05) is 0 Å². The topological polar surface area (TPSA) is 99.1 Å². The van der Waals surface area contributed by atoms with Crippen molar-refractivity contribution in [3.8, 4) is 0 Å². The van der Waals surface area contributed by atoms with E-state index in [9.17, 15) is 9.59 Å². The highest BCUT2D eigenvalue weighted by molar-refractivity contribution is 7.98. The fraction of sp³-hybridized carbons (Fsp3) is 0.818. The summed E-state index contributed by atoms with van der Waals surface area (Å²) in [6.07, 6.45) is 2.23. The van der Waals surface area contributed by atoms with Crippen LogP contribution in [0.5, 0.6) is 0 Å². The Bertz CT molecular complexity index is 278. The second kappa shape index (κ2) is 10.9. The first-order valence-corrected chi connectivity index (χ1v) is 7.33. The molecule has 0 aliphatic heterocycles. The molecule has 8 heteroatoms. The summed E-state index contributed by atoms with van der Waals surface area (Å²) in [7, 11) is 1.51. The van der Waals surface area contributed by atoms with Crippen molar-refractivity contribution in [2.24, 2.45) is 0 Å². The number of nitrogens with one attached hydrogen (secondary N) is 1. The number of methoxy groups -OCH3 is 1. The van der Waals surface area contributed by atoms with Gasteiger partial charge in [-0.3, -0.25) is 0 Å². The first-order chi connectivity index (χ1) is 9.06. The van der Waals surface area contributed by atoms with Gasteiger partial charge in [0.2, 0.25) is 0 Å². The van der Waals surface area contributed by atoms with Crippen LogP contribution >= 0.6 is 11.8 Å². The number of aliphatic hydroxyl groups is 1. The summed E-state index contributed by atoms with van der Waals surface area (Å²) in [4.78, 5) is 24.2. The van der Waals surface area contributed by atoms with E-state index in [2.05, 4.69) is 5.32 Å². The summed E-state index contributed by atoms with van der Waals surface area (Å²) in [6.45, 7) is 0.595. The molecule has 0 spiro atoms. The van der Waals surface area contributed by atoms with E-state index in [0.717, 1.165) is 0 Å². The van der Waals surface area contributed by atoms with E-state index in [-0.39, 0.29) is 13.2 Å². The van der Waals surface area contributed by atoms with Gasteiger partial charge in [-0.05, 0) is 18.4 Å². The van der Waals surface area contributed by atoms with Crippen LogP contribution in [-0.2, 0) is 9.53 Å². The zero-order chi connectivity index (χ0) is 14.7. The van der Waals surface area contributed by atoms with Crippen molar-refractivity contribution in [3.63, 3.8) is 0 Å². The highest BCUT2D eigenvalue weighted by Crippen LogP contribution is 2.02. The third-order valence-electron chi connectivity index (χ3n) is 2.43.